The molecule has 0 aromatic heterocycles. The van der Waals surface area contributed by atoms with Crippen LogP contribution in [0.25, 0.3) is 0 Å². The zero-order valence-electron chi connectivity index (χ0n) is 20.3. The van der Waals surface area contributed by atoms with E-state index in [1.807, 2.05) is 0 Å². The Labute approximate surface area is 195 Å². The standard InChI is InChI=1S/C31H40O/c1-5-7-8-9-13-26-21-25-12-10-11-14-29(25)31(26)32-27-19-17-24(18-20-27)30(22(3)4)28(6-2)23-15-16-23/h6,10-12,14,17-20,23,26,30-31H,3,5,7-9,13,15-16,21H2,1-2,4H3/b28-6-/t26-,30?,31+/m0/s1. The molecule has 0 bridgehead atoms. The van der Waals surface area contributed by atoms with E-state index < -0.39 is 0 Å². The topological polar surface area (TPSA) is 9.23 Å². The summed E-state index contributed by atoms with van der Waals surface area (Å²) in [5, 5.41) is 0. The van der Waals surface area contributed by atoms with Crippen molar-refractivity contribution in [2.75, 3.05) is 0 Å². The number of allylic oxidation sites excluding steroid dienone is 3. The maximum Gasteiger partial charge on any atom is 0.127 e. The zero-order valence-corrected chi connectivity index (χ0v) is 20.3. The highest BCUT2D eigenvalue weighted by molar-refractivity contribution is 5.42. The Balaban J connectivity index is 1.50. The van der Waals surface area contributed by atoms with E-state index in [2.05, 4.69) is 82.0 Å². The quantitative estimate of drug-likeness (QED) is 0.256. The van der Waals surface area contributed by atoms with E-state index in [-0.39, 0.29) is 6.10 Å². The molecular formula is C31H40O. The third-order valence-corrected chi connectivity index (χ3v) is 7.39. The largest absolute Gasteiger partial charge is 0.485 e. The van der Waals surface area contributed by atoms with Gasteiger partial charge in [-0.05, 0) is 74.3 Å². The van der Waals surface area contributed by atoms with Crippen molar-refractivity contribution in [2.45, 2.75) is 84.2 Å². The van der Waals surface area contributed by atoms with Gasteiger partial charge in [0.2, 0.25) is 0 Å². The second-order valence-electron chi connectivity index (χ2n) is 9.96. The number of fused-ring (bicyclic) bond motifs is 1. The Bertz CT molecular complexity index is 931. The molecule has 3 atom stereocenters. The van der Waals surface area contributed by atoms with Crippen LogP contribution in [0.1, 0.15) is 94.4 Å². The molecule has 0 amide bonds. The number of rotatable bonds is 11. The summed E-state index contributed by atoms with van der Waals surface area (Å²) < 4.78 is 6.68. The van der Waals surface area contributed by atoms with Crippen molar-refractivity contribution in [2.24, 2.45) is 11.8 Å². The van der Waals surface area contributed by atoms with E-state index in [1.54, 1.807) is 5.57 Å². The monoisotopic (exact) mass is 428 g/mol. The first-order chi connectivity index (χ1) is 15.6. The zero-order chi connectivity index (χ0) is 22.5. The van der Waals surface area contributed by atoms with E-state index in [9.17, 15) is 0 Å². The van der Waals surface area contributed by atoms with Gasteiger partial charge in [0.15, 0.2) is 0 Å². The molecule has 1 unspecified atom stereocenters. The number of hydrogen-bond donors (Lipinski definition) is 0. The van der Waals surface area contributed by atoms with Crippen LogP contribution in [-0.4, -0.2) is 0 Å². The molecule has 0 heterocycles. The first-order valence-corrected chi connectivity index (χ1v) is 12.8. The minimum absolute atomic E-state index is 0.174. The van der Waals surface area contributed by atoms with Crippen LogP contribution in [0.4, 0.5) is 0 Å². The summed E-state index contributed by atoms with van der Waals surface area (Å²) in [5.74, 6) is 2.65. The summed E-state index contributed by atoms with van der Waals surface area (Å²) in [6, 6.07) is 17.8. The lowest BCUT2D eigenvalue weighted by Gasteiger charge is -2.24. The van der Waals surface area contributed by atoms with Crippen molar-refractivity contribution < 1.29 is 4.74 Å². The van der Waals surface area contributed by atoms with Gasteiger partial charge >= 0.3 is 0 Å². The van der Waals surface area contributed by atoms with Gasteiger partial charge in [-0.3, -0.25) is 0 Å². The van der Waals surface area contributed by atoms with Gasteiger partial charge in [-0.1, -0.05) is 92.8 Å². The Morgan fingerprint density at radius 1 is 1.06 bits per heavy atom. The van der Waals surface area contributed by atoms with Crippen LogP contribution in [0.2, 0.25) is 0 Å². The van der Waals surface area contributed by atoms with Gasteiger partial charge in [-0.2, -0.15) is 0 Å². The van der Waals surface area contributed by atoms with Gasteiger partial charge < -0.3 is 4.74 Å². The molecular weight excluding hydrogens is 388 g/mol. The summed E-state index contributed by atoms with van der Waals surface area (Å²) >= 11 is 0. The van der Waals surface area contributed by atoms with Crippen molar-refractivity contribution in [3.63, 3.8) is 0 Å². The average Bonchev–Trinajstić information content (AvgIpc) is 3.58. The first kappa shape index (κ1) is 22.9. The van der Waals surface area contributed by atoms with Crippen molar-refractivity contribution in [1.82, 2.24) is 0 Å². The number of unbranched alkanes of at least 4 members (excludes halogenated alkanes) is 3. The summed E-state index contributed by atoms with van der Waals surface area (Å²) in [6.45, 7) is 10.9. The Kier molecular flexibility index (Phi) is 7.55. The van der Waals surface area contributed by atoms with Crippen molar-refractivity contribution in [3.05, 3.63) is 89.0 Å². The number of ether oxygens (including phenoxy) is 1. The predicted molar refractivity (Wildman–Crippen MR) is 136 cm³/mol. The summed E-state index contributed by atoms with van der Waals surface area (Å²) in [5.41, 5.74) is 6.98. The Morgan fingerprint density at radius 3 is 2.47 bits per heavy atom. The van der Waals surface area contributed by atoms with Gasteiger partial charge in [0, 0.05) is 11.8 Å². The van der Waals surface area contributed by atoms with Crippen LogP contribution in [0.3, 0.4) is 0 Å². The lowest BCUT2D eigenvalue weighted by Crippen LogP contribution is -2.15. The van der Waals surface area contributed by atoms with Crippen molar-refractivity contribution >= 4 is 0 Å². The second kappa shape index (κ2) is 10.6. The summed E-state index contributed by atoms with van der Waals surface area (Å²) in [4.78, 5) is 0. The molecule has 32 heavy (non-hydrogen) atoms. The molecule has 0 aliphatic heterocycles. The third-order valence-electron chi connectivity index (χ3n) is 7.39. The van der Waals surface area contributed by atoms with E-state index in [4.69, 9.17) is 4.74 Å². The highest BCUT2D eigenvalue weighted by Gasteiger charge is 2.34. The highest BCUT2D eigenvalue weighted by atomic mass is 16.5. The Morgan fingerprint density at radius 2 is 1.81 bits per heavy atom. The van der Waals surface area contributed by atoms with Crippen LogP contribution in [-0.2, 0) is 6.42 Å². The minimum Gasteiger partial charge on any atom is -0.485 e. The molecule has 2 aromatic rings. The van der Waals surface area contributed by atoms with Gasteiger partial charge in [0.05, 0.1) is 0 Å². The predicted octanol–water partition coefficient (Wildman–Crippen LogP) is 8.97. The second-order valence-corrected chi connectivity index (χ2v) is 9.96. The summed E-state index contributed by atoms with van der Waals surface area (Å²) in [6.07, 6.45) is 12.8. The van der Waals surface area contributed by atoms with Crippen molar-refractivity contribution in [3.8, 4) is 5.75 Å². The van der Waals surface area contributed by atoms with E-state index in [1.165, 1.54) is 67.2 Å². The lowest BCUT2D eigenvalue weighted by atomic mass is 9.83. The molecule has 1 fully saturated rings. The maximum atomic E-state index is 6.68. The molecule has 2 aromatic carbocycles. The fourth-order valence-electron chi connectivity index (χ4n) is 5.59. The summed E-state index contributed by atoms with van der Waals surface area (Å²) in [7, 11) is 0. The first-order valence-electron chi connectivity index (χ1n) is 12.8. The lowest BCUT2D eigenvalue weighted by molar-refractivity contribution is 0.142. The van der Waals surface area contributed by atoms with Crippen molar-refractivity contribution in [1.29, 1.82) is 0 Å². The SMILES string of the molecule is C=C(C)C(/C(=C\C)C1CC1)c1ccc(O[C@H]2c3ccccc3C[C@@H]2CCCCCC)cc1. The Hall–Kier alpha value is -2.28. The van der Waals surface area contributed by atoms with E-state index >= 15 is 0 Å². The minimum atomic E-state index is 0.174. The van der Waals surface area contributed by atoms with Crippen LogP contribution in [0.5, 0.6) is 5.75 Å². The van der Waals surface area contributed by atoms with Gasteiger partial charge in [-0.15, -0.1) is 0 Å². The molecule has 0 spiro atoms. The van der Waals surface area contributed by atoms with Crippen LogP contribution in [0, 0.1) is 11.8 Å². The molecule has 0 radical (unpaired) electrons. The molecule has 2 aliphatic rings. The van der Waals surface area contributed by atoms with Gasteiger partial charge in [0.25, 0.3) is 0 Å². The van der Waals surface area contributed by atoms with Gasteiger partial charge in [0.1, 0.15) is 11.9 Å². The van der Waals surface area contributed by atoms with E-state index in [0.29, 0.717) is 11.8 Å². The van der Waals surface area contributed by atoms with Crippen LogP contribution < -0.4 is 4.74 Å². The normalized spacial score (nSPS) is 21.3. The maximum absolute atomic E-state index is 6.68. The van der Waals surface area contributed by atoms with Gasteiger partial charge in [-0.25, -0.2) is 0 Å². The molecule has 0 N–H and O–H groups in total. The van der Waals surface area contributed by atoms with Crippen LogP contribution in [0.15, 0.2) is 72.3 Å². The molecule has 1 heteroatoms. The van der Waals surface area contributed by atoms with Crippen LogP contribution >= 0.6 is 0 Å². The fourth-order valence-corrected chi connectivity index (χ4v) is 5.59. The third kappa shape index (κ3) is 5.20. The molecule has 4 rings (SSSR count). The molecule has 170 valence electrons. The van der Waals surface area contributed by atoms with E-state index in [0.717, 1.165) is 18.1 Å². The molecule has 1 saturated carbocycles. The molecule has 2 aliphatic carbocycles. The molecule has 1 nitrogen and oxygen atoms in total. The smallest absolute Gasteiger partial charge is 0.127 e. The fraction of sp³-hybridized carbons (Fsp3) is 0.484. The highest BCUT2D eigenvalue weighted by Crippen LogP contribution is 2.46. The molecule has 0 saturated heterocycles. The number of hydrogen-bond acceptors (Lipinski definition) is 1. The number of benzene rings is 2. The average molecular weight is 429 g/mol.